The highest BCUT2D eigenvalue weighted by Gasteiger charge is 2.36. The van der Waals surface area contributed by atoms with E-state index in [1.54, 1.807) is 0 Å². The van der Waals surface area contributed by atoms with E-state index < -0.39 is 0 Å². The molecule has 0 heterocycles. The van der Waals surface area contributed by atoms with Crippen LogP contribution < -0.4 is 5.73 Å². The summed E-state index contributed by atoms with van der Waals surface area (Å²) < 4.78 is 0. The third-order valence-electron chi connectivity index (χ3n) is 2.19. The van der Waals surface area contributed by atoms with Crippen molar-refractivity contribution in [3.63, 3.8) is 0 Å². The number of hydrogen-bond donors (Lipinski definition) is 1. The predicted molar refractivity (Wildman–Crippen MR) is 35.5 cm³/mol. The first-order valence-electron chi connectivity index (χ1n) is 3.51. The first kappa shape index (κ1) is 6.09. The molecule has 0 amide bonds. The van der Waals surface area contributed by atoms with Gasteiger partial charge in [0, 0.05) is 6.04 Å². The van der Waals surface area contributed by atoms with Gasteiger partial charge in [-0.25, -0.2) is 0 Å². The van der Waals surface area contributed by atoms with E-state index in [1.165, 1.54) is 6.42 Å². The highest BCUT2D eigenvalue weighted by molar-refractivity contribution is 4.89. The topological polar surface area (TPSA) is 26.0 Å². The van der Waals surface area contributed by atoms with Crippen LogP contribution in [0.15, 0.2) is 0 Å². The van der Waals surface area contributed by atoms with E-state index in [1.807, 2.05) is 0 Å². The SMILES string of the molecule is CC[C@@H](N)C1CC1C. The van der Waals surface area contributed by atoms with Crippen LogP contribution in [-0.2, 0) is 0 Å². The van der Waals surface area contributed by atoms with Gasteiger partial charge in [0.25, 0.3) is 0 Å². The van der Waals surface area contributed by atoms with Crippen molar-refractivity contribution >= 4 is 0 Å². The third-order valence-corrected chi connectivity index (χ3v) is 2.19. The first-order valence-corrected chi connectivity index (χ1v) is 3.51. The number of rotatable bonds is 2. The third kappa shape index (κ3) is 1.03. The van der Waals surface area contributed by atoms with Gasteiger partial charge < -0.3 is 5.73 Å². The van der Waals surface area contributed by atoms with Crippen molar-refractivity contribution in [2.24, 2.45) is 17.6 Å². The highest BCUT2D eigenvalue weighted by Crippen LogP contribution is 2.40. The van der Waals surface area contributed by atoms with Gasteiger partial charge in [0.05, 0.1) is 0 Å². The minimum absolute atomic E-state index is 0.491. The summed E-state index contributed by atoms with van der Waals surface area (Å²) in [5.74, 6) is 1.78. The molecule has 0 radical (unpaired) electrons. The molecular weight excluding hydrogens is 98.1 g/mol. The minimum Gasteiger partial charge on any atom is -0.327 e. The lowest BCUT2D eigenvalue weighted by Crippen LogP contribution is -2.21. The van der Waals surface area contributed by atoms with Gasteiger partial charge in [0.15, 0.2) is 0 Å². The Morgan fingerprint density at radius 1 is 1.75 bits per heavy atom. The summed E-state index contributed by atoms with van der Waals surface area (Å²) >= 11 is 0. The fourth-order valence-corrected chi connectivity index (χ4v) is 1.25. The molecule has 48 valence electrons. The monoisotopic (exact) mass is 113 g/mol. The summed E-state index contributed by atoms with van der Waals surface area (Å²) in [6.07, 6.45) is 2.52. The van der Waals surface area contributed by atoms with Crippen LogP contribution in [0.2, 0.25) is 0 Å². The average molecular weight is 113 g/mol. The number of nitrogens with two attached hydrogens (primary N) is 1. The molecular formula is C7H15N. The molecule has 8 heavy (non-hydrogen) atoms. The van der Waals surface area contributed by atoms with Crippen molar-refractivity contribution < 1.29 is 0 Å². The molecule has 1 aliphatic rings. The van der Waals surface area contributed by atoms with Crippen LogP contribution in [-0.4, -0.2) is 6.04 Å². The maximum absolute atomic E-state index is 5.77. The lowest BCUT2D eigenvalue weighted by Gasteiger charge is -2.04. The van der Waals surface area contributed by atoms with E-state index in [0.29, 0.717) is 6.04 Å². The summed E-state index contributed by atoms with van der Waals surface area (Å²) in [6, 6.07) is 0.491. The standard InChI is InChI=1S/C7H15N/c1-3-7(8)6-4-5(6)2/h5-7H,3-4,8H2,1-2H3/t5?,6?,7-/m1/s1. The second kappa shape index (κ2) is 2.06. The van der Waals surface area contributed by atoms with Crippen LogP contribution in [0.4, 0.5) is 0 Å². The predicted octanol–water partition coefficient (Wildman–Crippen LogP) is 1.38. The smallest absolute Gasteiger partial charge is 0.00671 e. The fourth-order valence-electron chi connectivity index (χ4n) is 1.25. The quantitative estimate of drug-likeness (QED) is 0.575. The van der Waals surface area contributed by atoms with E-state index in [2.05, 4.69) is 13.8 Å². The van der Waals surface area contributed by atoms with E-state index >= 15 is 0 Å². The van der Waals surface area contributed by atoms with Crippen LogP contribution in [0.1, 0.15) is 26.7 Å². The summed E-state index contributed by atoms with van der Waals surface area (Å²) in [5.41, 5.74) is 5.77. The van der Waals surface area contributed by atoms with Gasteiger partial charge in [-0.2, -0.15) is 0 Å². The van der Waals surface area contributed by atoms with Crippen molar-refractivity contribution in [1.82, 2.24) is 0 Å². The Balaban J connectivity index is 2.18. The summed E-state index contributed by atoms with van der Waals surface area (Å²) in [5, 5.41) is 0. The molecule has 1 nitrogen and oxygen atoms in total. The maximum atomic E-state index is 5.77. The summed E-state index contributed by atoms with van der Waals surface area (Å²) in [4.78, 5) is 0. The van der Waals surface area contributed by atoms with Crippen LogP contribution in [0.3, 0.4) is 0 Å². The van der Waals surface area contributed by atoms with Gasteiger partial charge in [0.1, 0.15) is 0 Å². The lowest BCUT2D eigenvalue weighted by molar-refractivity contribution is 0.547. The Hall–Kier alpha value is -0.0400. The molecule has 0 aromatic carbocycles. The van der Waals surface area contributed by atoms with E-state index in [0.717, 1.165) is 18.3 Å². The molecule has 3 atom stereocenters. The van der Waals surface area contributed by atoms with Crippen molar-refractivity contribution in [1.29, 1.82) is 0 Å². The van der Waals surface area contributed by atoms with Crippen molar-refractivity contribution in [2.45, 2.75) is 32.7 Å². The van der Waals surface area contributed by atoms with Gasteiger partial charge in [-0.3, -0.25) is 0 Å². The zero-order valence-corrected chi connectivity index (χ0v) is 5.72. The number of hydrogen-bond acceptors (Lipinski definition) is 1. The summed E-state index contributed by atoms with van der Waals surface area (Å²) in [6.45, 7) is 4.44. The molecule has 0 aromatic heterocycles. The molecule has 0 spiro atoms. The minimum atomic E-state index is 0.491. The Bertz CT molecular complexity index is 78.5. The lowest BCUT2D eigenvalue weighted by atomic mass is 10.1. The Morgan fingerprint density at radius 2 is 2.25 bits per heavy atom. The van der Waals surface area contributed by atoms with Crippen LogP contribution >= 0.6 is 0 Å². The molecule has 1 saturated carbocycles. The fraction of sp³-hybridized carbons (Fsp3) is 1.00. The zero-order valence-electron chi connectivity index (χ0n) is 5.72. The molecule has 2 unspecified atom stereocenters. The van der Waals surface area contributed by atoms with Gasteiger partial charge in [-0.1, -0.05) is 13.8 Å². The molecule has 1 rings (SSSR count). The molecule has 0 aromatic rings. The Kier molecular flexibility index (Phi) is 1.57. The van der Waals surface area contributed by atoms with Crippen molar-refractivity contribution in [3.05, 3.63) is 0 Å². The van der Waals surface area contributed by atoms with Crippen LogP contribution in [0, 0.1) is 11.8 Å². The van der Waals surface area contributed by atoms with Crippen molar-refractivity contribution in [3.8, 4) is 0 Å². The van der Waals surface area contributed by atoms with Gasteiger partial charge in [-0.05, 0) is 24.7 Å². The molecule has 0 bridgehead atoms. The molecule has 1 aliphatic carbocycles. The Labute approximate surface area is 51.3 Å². The Morgan fingerprint density at radius 3 is 2.38 bits per heavy atom. The van der Waals surface area contributed by atoms with Gasteiger partial charge in [-0.15, -0.1) is 0 Å². The molecule has 1 heteroatoms. The van der Waals surface area contributed by atoms with Crippen molar-refractivity contribution in [2.75, 3.05) is 0 Å². The summed E-state index contributed by atoms with van der Waals surface area (Å²) in [7, 11) is 0. The largest absolute Gasteiger partial charge is 0.327 e. The maximum Gasteiger partial charge on any atom is 0.00671 e. The van der Waals surface area contributed by atoms with Gasteiger partial charge >= 0.3 is 0 Å². The molecule has 0 aliphatic heterocycles. The van der Waals surface area contributed by atoms with Gasteiger partial charge in [0.2, 0.25) is 0 Å². The zero-order chi connectivity index (χ0) is 6.15. The normalized spacial score (nSPS) is 39.4. The van der Waals surface area contributed by atoms with Crippen LogP contribution in [0.5, 0.6) is 0 Å². The molecule has 1 fully saturated rings. The van der Waals surface area contributed by atoms with E-state index in [4.69, 9.17) is 5.73 Å². The second-order valence-corrected chi connectivity index (χ2v) is 2.95. The van der Waals surface area contributed by atoms with E-state index in [9.17, 15) is 0 Å². The average Bonchev–Trinajstić information content (AvgIpc) is 2.45. The molecule has 0 saturated heterocycles. The molecule has 2 N–H and O–H groups in total. The first-order chi connectivity index (χ1) is 3.75. The van der Waals surface area contributed by atoms with E-state index in [-0.39, 0.29) is 0 Å². The van der Waals surface area contributed by atoms with Crippen LogP contribution in [0.25, 0.3) is 0 Å². The second-order valence-electron chi connectivity index (χ2n) is 2.95. The highest BCUT2D eigenvalue weighted by atomic mass is 14.7.